The molecule has 16 heavy (non-hydrogen) atoms. The van der Waals surface area contributed by atoms with Gasteiger partial charge in [0, 0.05) is 0 Å². The predicted molar refractivity (Wildman–Crippen MR) is 65.4 cm³/mol. The zero-order chi connectivity index (χ0) is 12.6. The zero-order valence-corrected chi connectivity index (χ0v) is 10.8. The molecule has 3 nitrogen and oxygen atoms in total. The number of carboxylic acids is 1. The first-order valence-electron chi connectivity index (χ1n) is 6.39. The minimum Gasteiger partial charge on any atom is -0.479 e. The van der Waals surface area contributed by atoms with Gasteiger partial charge in [0.1, 0.15) is 0 Å². The molecule has 96 valence electrons. The number of hydrogen-bond acceptors (Lipinski definition) is 2. The Bertz CT molecular complexity index is 199. The van der Waals surface area contributed by atoms with Crippen molar-refractivity contribution in [3.05, 3.63) is 0 Å². The van der Waals surface area contributed by atoms with E-state index in [1.54, 1.807) is 0 Å². The van der Waals surface area contributed by atoms with Gasteiger partial charge in [0.15, 0.2) is 5.60 Å². The van der Waals surface area contributed by atoms with Crippen LogP contribution in [0.4, 0.5) is 0 Å². The Labute approximate surface area is 98.9 Å². The molecule has 0 radical (unpaired) electrons. The van der Waals surface area contributed by atoms with Gasteiger partial charge in [-0.1, -0.05) is 52.4 Å². The molecule has 0 aliphatic carbocycles. The highest BCUT2D eigenvalue weighted by atomic mass is 16.4. The number of carbonyl (C=O) groups is 1. The molecular formula is C13H26O3. The van der Waals surface area contributed by atoms with Crippen LogP contribution in [0, 0.1) is 5.92 Å². The highest BCUT2D eigenvalue weighted by Crippen LogP contribution is 2.26. The Kier molecular flexibility index (Phi) is 7.39. The van der Waals surface area contributed by atoms with Gasteiger partial charge in [-0.3, -0.25) is 0 Å². The molecule has 0 aromatic heterocycles. The fourth-order valence-corrected chi connectivity index (χ4v) is 2.09. The second-order valence-corrected chi connectivity index (χ2v) is 4.93. The van der Waals surface area contributed by atoms with E-state index in [0.717, 1.165) is 25.7 Å². The SMILES string of the molecule is CCCCCC(CCC)CC(C)(O)C(=O)O. The highest BCUT2D eigenvalue weighted by Gasteiger charge is 2.32. The Balaban J connectivity index is 4.15. The van der Waals surface area contributed by atoms with Gasteiger partial charge >= 0.3 is 5.97 Å². The molecule has 0 aliphatic heterocycles. The van der Waals surface area contributed by atoms with Crippen molar-refractivity contribution in [3.63, 3.8) is 0 Å². The van der Waals surface area contributed by atoms with E-state index in [2.05, 4.69) is 13.8 Å². The monoisotopic (exact) mass is 230 g/mol. The first-order valence-corrected chi connectivity index (χ1v) is 6.39. The molecular weight excluding hydrogens is 204 g/mol. The molecule has 0 saturated heterocycles. The summed E-state index contributed by atoms with van der Waals surface area (Å²) in [5, 5.41) is 18.6. The number of unbranched alkanes of at least 4 members (excludes halogenated alkanes) is 2. The van der Waals surface area contributed by atoms with E-state index in [-0.39, 0.29) is 0 Å². The average Bonchev–Trinajstić information content (AvgIpc) is 2.17. The average molecular weight is 230 g/mol. The fourth-order valence-electron chi connectivity index (χ4n) is 2.09. The summed E-state index contributed by atoms with van der Waals surface area (Å²) in [4.78, 5) is 10.8. The summed E-state index contributed by atoms with van der Waals surface area (Å²) in [7, 11) is 0. The van der Waals surface area contributed by atoms with Crippen molar-refractivity contribution in [3.8, 4) is 0 Å². The Morgan fingerprint density at radius 1 is 1.19 bits per heavy atom. The number of hydrogen-bond donors (Lipinski definition) is 2. The van der Waals surface area contributed by atoms with Crippen LogP contribution in [0.2, 0.25) is 0 Å². The number of aliphatic hydroxyl groups is 1. The molecule has 0 amide bonds. The van der Waals surface area contributed by atoms with Crippen LogP contribution in [0.3, 0.4) is 0 Å². The molecule has 0 aromatic carbocycles. The maximum absolute atomic E-state index is 10.8. The topological polar surface area (TPSA) is 57.5 Å². The molecule has 0 spiro atoms. The van der Waals surface area contributed by atoms with E-state index in [1.165, 1.54) is 19.8 Å². The molecule has 0 saturated carbocycles. The van der Waals surface area contributed by atoms with Crippen LogP contribution in [0.1, 0.15) is 65.7 Å². The molecule has 0 rings (SSSR count). The van der Waals surface area contributed by atoms with Gasteiger partial charge in [-0.2, -0.15) is 0 Å². The maximum atomic E-state index is 10.8. The van der Waals surface area contributed by atoms with Crippen LogP contribution < -0.4 is 0 Å². The van der Waals surface area contributed by atoms with Gasteiger partial charge in [-0.05, 0) is 19.3 Å². The Morgan fingerprint density at radius 3 is 2.25 bits per heavy atom. The zero-order valence-electron chi connectivity index (χ0n) is 10.8. The summed E-state index contributed by atoms with van der Waals surface area (Å²) in [6, 6.07) is 0. The van der Waals surface area contributed by atoms with Gasteiger partial charge in [-0.15, -0.1) is 0 Å². The standard InChI is InChI=1S/C13H26O3/c1-4-6-7-9-11(8-5-2)10-13(3,16)12(14)15/h11,16H,4-10H2,1-3H3,(H,14,15). The summed E-state index contributed by atoms with van der Waals surface area (Å²) in [5.74, 6) is -0.772. The van der Waals surface area contributed by atoms with Gasteiger partial charge in [0.25, 0.3) is 0 Å². The summed E-state index contributed by atoms with van der Waals surface area (Å²) < 4.78 is 0. The first kappa shape index (κ1) is 15.4. The van der Waals surface area contributed by atoms with Gasteiger partial charge in [-0.25, -0.2) is 4.79 Å². The third-order valence-corrected chi connectivity index (χ3v) is 3.06. The van der Waals surface area contributed by atoms with Gasteiger partial charge < -0.3 is 10.2 Å². The lowest BCUT2D eigenvalue weighted by molar-refractivity contribution is -0.158. The largest absolute Gasteiger partial charge is 0.479 e. The van der Waals surface area contributed by atoms with Gasteiger partial charge in [0.2, 0.25) is 0 Å². The van der Waals surface area contributed by atoms with Crippen molar-refractivity contribution in [2.45, 2.75) is 71.3 Å². The smallest absolute Gasteiger partial charge is 0.335 e. The van der Waals surface area contributed by atoms with Crippen LogP contribution in [0.15, 0.2) is 0 Å². The summed E-state index contributed by atoms with van der Waals surface area (Å²) in [5.41, 5.74) is -1.56. The van der Waals surface area contributed by atoms with Crippen molar-refractivity contribution >= 4 is 5.97 Å². The second-order valence-electron chi connectivity index (χ2n) is 4.93. The van der Waals surface area contributed by atoms with E-state index in [1.807, 2.05) is 0 Å². The first-order chi connectivity index (χ1) is 7.44. The minimum absolute atomic E-state index is 0.336. The van der Waals surface area contributed by atoms with Crippen LogP contribution in [-0.4, -0.2) is 21.8 Å². The quantitative estimate of drug-likeness (QED) is 0.598. The second kappa shape index (κ2) is 7.66. The van der Waals surface area contributed by atoms with Crippen molar-refractivity contribution in [2.75, 3.05) is 0 Å². The summed E-state index contributed by atoms with van der Waals surface area (Å²) >= 11 is 0. The van der Waals surface area contributed by atoms with Crippen LogP contribution >= 0.6 is 0 Å². The normalized spacial score (nSPS) is 16.8. The molecule has 2 atom stereocenters. The molecule has 2 unspecified atom stereocenters. The van der Waals surface area contributed by atoms with E-state index < -0.39 is 11.6 Å². The number of carboxylic acid groups (broad SMARTS) is 1. The van der Waals surface area contributed by atoms with Crippen LogP contribution in [0.25, 0.3) is 0 Å². The lowest BCUT2D eigenvalue weighted by atomic mass is 9.85. The molecule has 0 bridgehead atoms. The lowest BCUT2D eigenvalue weighted by Gasteiger charge is -2.24. The summed E-state index contributed by atoms with van der Waals surface area (Å²) in [6.45, 7) is 5.66. The Hall–Kier alpha value is -0.570. The number of aliphatic carboxylic acids is 1. The predicted octanol–water partition coefficient (Wildman–Crippen LogP) is 3.21. The van der Waals surface area contributed by atoms with E-state index in [9.17, 15) is 9.90 Å². The maximum Gasteiger partial charge on any atom is 0.335 e. The summed E-state index contributed by atoms with van der Waals surface area (Å²) in [6.07, 6.45) is 6.96. The van der Waals surface area contributed by atoms with Crippen molar-refractivity contribution in [1.29, 1.82) is 0 Å². The van der Waals surface area contributed by atoms with Crippen LogP contribution in [-0.2, 0) is 4.79 Å². The van der Waals surface area contributed by atoms with Crippen molar-refractivity contribution in [1.82, 2.24) is 0 Å². The third kappa shape index (κ3) is 6.11. The molecule has 2 N–H and O–H groups in total. The van der Waals surface area contributed by atoms with E-state index in [4.69, 9.17) is 5.11 Å². The third-order valence-electron chi connectivity index (χ3n) is 3.06. The molecule has 0 aliphatic rings. The molecule has 0 aromatic rings. The van der Waals surface area contributed by atoms with Gasteiger partial charge in [0.05, 0.1) is 0 Å². The minimum atomic E-state index is -1.56. The Morgan fingerprint density at radius 2 is 1.81 bits per heavy atom. The lowest BCUT2D eigenvalue weighted by Crippen LogP contribution is -2.37. The van der Waals surface area contributed by atoms with Crippen molar-refractivity contribution in [2.24, 2.45) is 5.92 Å². The fraction of sp³-hybridized carbons (Fsp3) is 0.923. The van der Waals surface area contributed by atoms with E-state index >= 15 is 0 Å². The van der Waals surface area contributed by atoms with Crippen molar-refractivity contribution < 1.29 is 15.0 Å². The molecule has 0 fully saturated rings. The number of rotatable bonds is 9. The highest BCUT2D eigenvalue weighted by molar-refractivity contribution is 5.76. The molecule has 0 heterocycles. The van der Waals surface area contributed by atoms with Crippen LogP contribution in [0.5, 0.6) is 0 Å². The van der Waals surface area contributed by atoms with E-state index in [0.29, 0.717) is 12.3 Å². The molecule has 3 heteroatoms.